The lowest BCUT2D eigenvalue weighted by Crippen LogP contribution is -2.25. The zero-order valence-electron chi connectivity index (χ0n) is 12.7. The molecule has 6 heteroatoms. The smallest absolute Gasteiger partial charge is 0.294 e. The molecule has 0 bridgehead atoms. The van der Waals surface area contributed by atoms with Gasteiger partial charge in [-0.15, -0.1) is 0 Å². The van der Waals surface area contributed by atoms with Crippen LogP contribution in [0.2, 0.25) is 0 Å². The van der Waals surface area contributed by atoms with Gasteiger partial charge in [0.25, 0.3) is 0 Å². The molecule has 0 radical (unpaired) electrons. The summed E-state index contributed by atoms with van der Waals surface area (Å²) in [6, 6.07) is 16.4. The van der Waals surface area contributed by atoms with Crippen molar-refractivity contribution in [3.63, 3.8) is 0 Å². The van der Waals surface area contributed by atoms with Crippen molar-refractivity contribution in [3.8, 4) is 5.69 Å². The molecule has 0 saturated heterocycles. The van der Waals surface area contributed by atoms with E-state index in [1.165, 1.54) is 9.36 Å². The Bertz CT molecular complexity index is 864. The predicted octanol–water partition coefficient (Wildman–Crippen LogP) is 2.01. The van der Waals surface area contributed by atoms with Crippen molar-refractivity contribution in [3.05, 3.63) is 76.2 Å². The van der Waals surface area contributed by atoms with Crippen molar-refractivity contribution in [1.29, 1.82) is 0 Å². The number of nitrogens with zero attached hydrogens (tertiary/aromatic N) is 4. The van der Waals surface area contributed by atoms with Gasteiger partial charge >= 0.3 is 5.69 Å². The van der Waals surface area contributed by atoms with Gasteiger partial charge in [0.15, 0.2) is 5.78 Å². The van der Waals surface area contributed by atoms with E-state index in [1.54, 1.807) is 24.3 Å². The maximum absolute atomic E-state index is 12.3. The normalized spacial score (nSPS) is 10.7. The van der Waals surface area contributed by atoms with E-state index >= 15 is 0 Å². The molecule has 1 aromatic heterocycles. The van der Waals surface area contributed by atoms with Crippen molar-refractivity contribution >= 4 is 5.78 Å². The first-order chi connectivity index (χ1) is 11.1. The van der Waals surface area contributed by atoms with Crippen LogP contribution in [-0.2, 0) is 6.54 Å². The average molecular weight is 308 g/mol. The number of para-hydroxylation sites is 1. The van der Waals surface area contributed by atoms with Gasteiger partial charge in [0.2, 0.25) is 0 Å². The molecule has 23 heavy (non-hydrogen) atoms. The molecule has 6 nitrogen and oxygen atoms in total. The van der Waals surface area contributed by atoms with E-state index in [2.05, 4.69) is 10.4 Å². The molecule has 0 fully saturated rings. The van der Waals surface area contributed by atoms with E-state index in [9.17, 15) is 9.59 Å². The van der Waals surface area contributed by atoms with Gasteiger partial charge in [0.05, 0.1) is 12.2 Å². The van der Waals surface area contributed by atoms with Gasteiger partial charge in [0, 0.05) is 12.0 Å². The van der Waals surface area contributed by atoms with Crippen molar-refractivity contribution in [2.24, 2.45) is 0 Å². The number of rotatable bonds is 5. The van der Waals surface area contributed by atoms with Crippen LogP contribution in [0.4, 0.5) is 0 Å². The first-order valence-electron chi connectivity index (χ1n) is 7.33. The fraction of sp³-hybridized carbons (Fsp3) is 0.176. The van der Waals surface area contributed by atoms with E-state index < -0.39 is 0 Å². The van der Waals surface area contributed by atoms with E-state index in [-0.39, 0.29) is 24.4 Å². The standard InChI is InChI=1S/C17H16N4O2/c1-13-7-9-14(10-8-13)16(22)11-12-20-17(23)21(19-18-20)15-5-3-2-4-6-15/h2-10H,11-12H2,1H3. The van der Waals surface area contributed by atoms with E-state index in [0.29, 0.717) is 11.3 Å². The molecule has 0 unspecified atom stereocenters. The number of ketones is 1. The monoisotopic (exact) mass is 308 g/mol. The van der Waals surface area contributed by atoms with Crippen LogP contribution in [0.1, 0.15) is 22.3 Å². The molecule has 0 N–H and O–H groups in total. The molecule has 0 aliphatic carbocycles. The van der Waals surface area contributed by atoms with Gasteiger partial charge in [-0.3, -0.25) is 4.79 Å². The zero-order chi connectivity index (χ0) is 16.2. The fourth-order valence-corrected chi connectivity index (χ4v) is 2.24. The average Bonchev–Trinajstić information content (AvgIpc) is 2.95. The zero-order valence-corrected chi connectivity index (χ0v) is 12.7. The summed E-state index contributed by atoms with van der Waals surface area (Å²) >= 11 is 0. The van der Waals surface area contributed by atoms with Crippen LogP contribution in [0.25, 0.3) is 5.69 Å². The number of aryl methyl sites for hydroxylation is 2. The molecule has 0 atom stereocenters. The van der Waals surface area contributed by atoms with E-state index in [4.69, 9.17) is 0 Å². The Labute approximate surface area is 133 Å². The fourth-order valence-electron chi connectivity index (χ4n) is 2.24. The number of hydrogen-bond donors (Lipinski definition) is 0. The Morgan fingerprint density at radius 3 is 2.39 bits per heavy atom. The van der Waals surface area contributed by atoms with Crippen molar-refractivity contribution in [2.75, 3.05) is 0 Å². The van der Waals surface area contributed by atoms with Crippen LogP contribution < -0.4 is 5.69 Å². The molecule has 3 rings (SSSR count). The minimum atomic E-state index is -0.354. The van der Waals surface area contributed by atoms with E-state index in [1.807, 2.05) is 37.3 Å². The highest BCUT2D eigenvalue weighted by Gasteiger charge is 2.11. The molecule has 0 spiro atoms. The SMILES string of the molecule is Cc1ccc(C(=O)CCn2nnn(-c3ccccc3)c2=O)cc1. The van der Waals surface area contributed by atoms with E-state index in [0.717, 1.165) is 5.56 Å². The molecule has 0 aliphatic heterocycles. The lowest BCUT2D eigenvalue weighted by molar-refractivity contribution is 0.0975. The number of carbonyl (C=O) groups is 1. The minimum absolute atomic E-state index is 0.0221. The topological polar surface area (TPSA) is 69.8 Å². The van der Waals surface area contributed by atoms with Crippen molar-refractivity contribution in [1.82, 2.24) is 19.8 Å². The molecule has 1 heterocycles. The number of aromatic nitrogens is 4. The number of carbonyl (C=O) groups excluding carboxylic acids is 1. The second kappa shape index (κ2) is 6.39. The Morgan fingerprint density at radius 1 is 1.00 bits per heavy atom. The van der Waals surface area contributed by atoms with Gasteiger partial charge in [0.1, 0.15) is 0 Å². The Hall–Kier alpha value is -3.02. The van der Waals surface area contributed by atoms with Crippen molar-refractivity contribution in [2.45, 2.75) is 19.9 Å². The predicted molar refractivity (Wildman–Crippen MR) is 85.7 cm³/mol. The lowest BCUT2D eigenvalue weighted by atomic mass is 10.1. The summed E-state index contributed by atoms with van der Waals surface area (Å²) in [5.41, 5.74) is 2.03. The summed E-state index contributed by atoms with van der Waals surface area (Å²) in [5.74, 6) is -0.0221. The Morgan fingerprint density at radius 2 is 1.70 bits per heavy atom. The highest BCUT2D eigenvalue weighted by Crippen LogP contribution is 2.07. The van der Waals surface area contributed by atoms with Gasteiger partial charge in [-0.05, 0) is 29.5 Å². The summed E-state index contributed by atoms with van der Waals surface area (Å²) in [5, 5.41) is 7.69. The number of hydrogen-bond acceptors (Lipinski definition) is 4. The van der Waals surface area contributed by atoms with Crippen LogP contribution in [-0.4, -0.2) is 25.6 Å². The minimum Gasteiger partial charge on any atom is -0.294 e. The van der Waals surface area contributed by atoms with Gasteiger partial charge in [-0.1, -0.05) is 48.0 Å². The maximum Gasteiger partial charge on any atom is 0.368 e. The van der Waals surface area contributed by atoms with Crippen LogP contribution in [0, 0.1) is 6.92 Å². The van der Waals surface area contributed by atoms with Crippen molar-refractivity contribution < 1.29 is 4.79 Å². The number of tetrazole rings is 1. The van der Waals surface area contributed by atoms with Crippen LogP contribution in [0.5, 0.6) is 0 Å². The molecule has 2 aromatic carbocycles. The summed E-state index contributed by atoms with van der Waals surface area (Å²) in [7, 11) is 0. The molecule has 3 aromatic rings. The third-order valence-corrected chi connectivity index (χ3v) is 3.56. The molecular formula is C17H16N4O2. The third-order valence-electron chi connectivity index (χ3n) is 3.56. The first-order valence-corrected chi connectivity index (χ1v) is 7.33. The molecule has 116 valence electrons. The quantitative estimate of drug-likeness (QED) is 0.676. The Kier molecular flexibility index (Phi) is 4.14. The highest BCUT2D eigenvalue weighted by atomic mass is 16.2. The summed E-state index contributed by atoms with van der Waals surface area (Å²) in [6.07, 6.45) is 0.205. The van der Waals surface area contributed by atoms with Gasteiger partial charge < -0.3 is 0 Å². The van der Waals surface area contributed by atoms with Crippen LogP contribution in [0.3, 0.4) is 0 Å². The molecule has 0 aliphatic rings. The van der Waals surface area contributed by atoms with Crippen LogP contribution >= 0.6 is 0 Å². The number of benzene rings is 2. The van der Waals surface area contributed by atoms with Crippen LogP contribution in [0.15, 0.2) is 59.4 Å². The largest absolute Gasteiger partial charge is 0.368 e. The maximum atomic E-state index is 12.3. The Balaban J connectivity index is 1.72. The first kappa shape index (κ1) is 14.9. The summed E-state index contributed by atoms with van der Waals surface area (Å²) in [6.45, 7) is 2.17. The second-order valence-electron chi connectivity index (χ2n) is 5.27. The van der Waals surface area contributed by atoms with Gasteiger partial charge in [-0.25, -0.2) is 4.79 Å². The number of Topliss-reactive ketones (excluding diaryl/α,β-unsaturated/α-hetero) is 1. The highest BCUT2D eigenvalue weighted by molar-refractivity contribution is 5.95. The third kappa shape index (κ3) is 3.26. The summed E-state index contributed by atoms with van der Waals surface area (Å²) in [4.78, 5) is 24.4. The molecule has 0 saturated carbocycles. The van der Waals surface area contributed by atoms with Gasteiger partial charge in [-0.2, -0.15) is 9.36 Å². The second-order valence-corrected chi connectivity index (χ2v) is 5.27. The molecule has 0 amide bonds. The lowest BCUT2D eigenvalue weighted by Gasteiger charge is -2.01. The summed E-state index contributed by atoms with van der Waals surface area (Å²) < 4.78 is 2.43. The molecular weight excluding hydrogens is 292 g/mol.